The maximum Gasteiger partial charge on any atom is 0.0912 e. The van der Waals surface area contributed by atoms with Crippen LogP contribution in [0.5, 0.6) is 0 Å². The molecule has 0 unspecified atom stereocenters. The average Bonchev–Trinajstić information content (AvgIpc) is 2.48. The van der Waals surface area contributed by atoms with Crippen LogP contribution in [0.1, 0.15) is 24.6 Å². The fourth-order valence-corrected chi connectivity index (χ4v) is 3.32. The van der Waals surface area contributed by atoms with E-state index in [9.17, 15) is 0 Å². The van der Waals surface area contributed by atoms with Gasteiger partial charge in [-0.25, -0.2) is 0 Å². The first-order valence-electron chi connectivity index (χ1n) is 7.74. The van der Waals surface area contributed by atoms with E-state index in [1.54, 1.807) is 0 Å². The van der Waals surface area contributed by atoms with E-state index in [4.69, 9.17) is 16.6 Å². The molecule has 1 aromatic carbocycles. The van der Waals surface area contributed by atoms with E-state index in [1.165, 1.54) is 16.6 Å². The molecule has 3 nitrogen and oxygen atoms in total. The third-order valence-corrected chi connectivity index (χ3v) is 4.29. The maximum atomic E-state index is 6.45. The predicted octanol–water partition coefficient (Wildman–Crippen LogP) is 3.56. The molecule has 0 atom stereocenters. The van der Waals surface area contributed by atoms with Crippen molar-refractivity contribution in [1.82, 2.24) is 10.3 Å². The van der Waals surface area contributed by atoms with E-state index in [2.05, 4.69) is 36.2 Å². The van der Waals surface area contributed by atoms with Crippen LogP contribution < -0.4 is 10.2 Å². The molecule has 0 saturated carbocycles. The second-order valence-electron chi connectivity index (χ2n) is 5.76. The number of benzene rings is 1. The van der Waals surface area contributed by atoms with Gasteiger partial charge in [-0.1, -0.05) is 24.9 Å². The molecule has 0 bridgehead atoms. The van der Waals surface area contributed by atoms with Gasteiger partial charge in [-0.05, 0) is 37.1 Å². The predicted molar refractivity (Wildman–Crippen MR) is 90.6 cm³/mol. The first kappa shape index (κ1) is 14.6. The number of piperazine rings is 1. The van der Waals surface area contributed by atoms with E-state index < -0.39 is 0 Å². The lowest BCUT2D eigenvalue weighted by Gasteiger charge is -2.31. The molecule has 1 saturated heterocycles. The summed E-state index contributed by atoms with van der Waals surface area (Å²) in [5, 5.41) is 5.36. The topological polar surface area (TPSA) is 28.2 Å². The Labute approximate surface area is 131 Å². The Morgan fingerprint density at radius 3 is 2.71 bits per heavy atom. The number of pyridine rings is 1. The Morgan fingerprint density at radius 1 is 1.24 bits per heavy atom. The minimum atomic E-state index is 0.763. The van der Waals surface area contributed by atoms with Gasteiger partial charge in [0.2, 0.25) is 0 Å². The van der Waals surface area contributed by atoms with Crippen molar-refractivity contribution in [3.05, 3.63) is 34.5 Å². The molecule has 1 aromatic heterocycles. The van der Waals surface area contributed by atoms with Crippen LogP contribution >= 0.6 is 11.6 Å². The minimum Gasteiger partial charge on any atom is -0.368 e. The zero-order valence-corrected chi connectivity index (χ0v) is 13.5. The third kappa shape index (κ3) is 2.99. The highest BCUT2D eigenvalue weighted by atomic mass is 35.5. The molecule has 0 radical (unpaired) electrons. The summed E-state index contributed by atoms with van der Waals surface area (Å²) < 4.78 is 0. The minimum absolute atomic E-state index is 0.763. The quantitative estimate of drug-likeness (QED) is 0.940. The maximum absolute atomic E-state index is 6.45. The molecule has 1 N–H and O–H groups in total. The number of hydrogen-bond acceptors (Lipinski definition) is 3. The first-order chi connectivity index (χ1) is 10.2. The molecule has 1 fully saturated rings. The number of halogens is 1. The Bertz CT molecular complexity index is 648. The van der Waals surface area contributed by atoms with Gasteiger partial charge >= 0.3 is 0 Å². The van der Waals surface area contributed by atoms with Crippen molar-refractivity contribution in [2.75, 3.05) is 31.1 Å². The zero-order chi connectivity index (χ0) is 14.8. The molecular formula is C17H22ClN3. The highest BCUT2D eigenvalue weighted by Crippen LogP contribution is 2.32. The molecule has 1 aliphatic rings. The van der Waals surface area contributed by atoms with Crippen LogP contribution in [-0.2, 0) is 6.42 Å². The first-order valence-corrected chi connectivity index (χ1v) is 8.12. The lowest BCUT2D eigenvalue weighted by atomic mass is 10.1. The second kappa shape index (κ2) is 6.20. The van der Waals surface area contributed by atoms with Crippen LogP contribution in [0.3, 0.4) is 0 Å². The smallest absolute Gasteiger partial charge is 0.0912 e. The number of aryl methyl sites for hydroxylation is 2. The van der Waals surface area contributed by atoms with Crippen molar-refractivity contribution in [2.24, 2.45) is 0 Å². The van der Waals surface area contributed by atoms with Crippen LogP contribution in [-0.4, -0.2) is 31.2 Å². The summed E-state index contributed by atoms with van der Waals surface area (Å²) in [6.45, 7) is 8.42. The van der Waals surface area contributed by atoms with Crippen LogP contribution in [0.2, 0.25) is 5.02 Å². The van der Waals surface area contributed by atoms with Gasteiger partial charge in [-0.15, -0.1) is 0 Å². The zero-order valence-electron chi connectivity index (χ0n) is 12.7. The molecule has 1 aliphatic heterocycles. The van der Waals surface area contributed by atoms with Crippen molar-refractivity contribution < 1.29 is 0 Å². The lowest BCUT2D eigenvalue weighted by molar-refractivity contribution is 0.590. The summed E-state index contributed by atoms with van der Waals surface area (Å²) >= 11 is 6.45. The van der Waals surface area contributed by atoms with Gasteiger partial charge in [-0.3, -0.25) is 4.98 Å². The molecule has 2 aromatic rings. The molecule has 2 heterocycles. The molecule has 3 rings (SSSR count). The van der Waals surface area contributed by atoms with Crippen molar-refractivity contribution in [1.29, 1.82) is 0 Å². The van der Waals surface area contributed by atoms with Gasteiger partial charge in [0.25, 0.3) is 0 Å². The number of nitrogens with zero attached hydrogens (tertiary/aromatic N) is 2. The second-order valence-corrected chi connectivity index (χ2v) is 6.17. The van der Waals surface area contributed by atoms with E-state index >= 15 is 0 Å². The van der Waals surface area contributed by atoms with Gasteiger partial charge in [0, 0.05) is 42.9 Å². The van der Waals surface area contributed by atoms with Gasteiger partial charge in [-0.2, -0.15) is 0 Å². The summed E-state index contributed by atoms with van der Waals surface area (Å²) in [4.78, 5) is 7.24. The molecule has 0 amide bonds. The van der Waals surface area contributed by atoms with Crippen molar-refractivity contribution in [3.8, 4) is 0 Å². The molecule has 0 aliphatic carbocycles. The van der Waals surface area contributed by atoms with Crippen LogP contribution in [0, 0.1) is 6.92 Å². The Morgan fingerprint density at radius 2 is 2.00 bits per heavy atom. The summed E-state index contributed by atoms with van der Waals surface area (Å²) in [7, 11) is 0. The standard InChI is InChI=1S/C17H22ClN3/c1-3-4-13-11-16(21-7-5-19-6-8-21)14-9-12(2)10-15(18)17(14)20-13/h9-11,19H,3-8H2,1-2H3. The summed E-state index contributed by atoms with van der Waals surface area (Å²) in [6, 6.07) is 6.47. The van der Waals surface area contributed by atoms with Gasteiger partial charge < -0.3 is 10.2 Å². The van der Waals surface area contributed by atoms with E-state index in [1.807, 2.05) is 6.07 Å². The van der Waals surface area contributed by atoms with E-state index in [-0.39, 0.29) is 0 Å². The van der Waals surface area contributed by atoms with Crippen molar-refractivity contribution in [2.45, 2.75) is 26.7 Å². The van der Waals surface area contributed by atoms with E-state index in [0.717, 1.165) is 55.3 Å². The highest BCUT2D eigenvalue weighted by molar-refractivity contribution is 6.35. The molecule has 21 heavy (non-hydrogen) atoms. The van der Waals surface area contributed by atoms with Crippen molar-refractivity contribution in [3.63, 3.8) is 0 Å². The Hall–Kier alpha value is -1.32. The largest absolute Gasteiger partial charge is 0.368 e. The number of hydrogen-bond donors (Lipinski definition) is 1. The lowest BCUT2D eigenvalue weighted by Crippen LogP contribution is -2.43. The fourth-order valence-electron chi connectivity index (χ4n) is 3.01. The van der Waals surface area contributed by atoms with Gasteiger partial charge in [0.05, 0.1) is 10.5 Å². The summed E-state index contributed by atoms with van der Waals surface area (Å²) in [5.74, 6) is 0. The normalized spacial score (nSPS) is 15.7. The Kier molecular flexibility index (Phi) is 4.32. The fraction of sp³-hybridized carbons (Fsp3) is 0.471. The van der Waals surface area contributed by atoms with E-state index in [0.29, 0.717) is 0 Å². The number of aromatic nitrogens is 1. The third-order valence-electron chi connectivity index (χ3n) is 4.01. The average molecular weight is 304 g/mol. The monoisotopic (exact) mass is 303 g/mol. The summed E-state index contributed by atoms with van der Waals surface area (Å²) in [6.07, 6.45) is 2.10. The summed E-state index contributed by atoms with van der Waals surface area (Å²) in [5.41, 5.74) is 4.57. The molecule has 112 valence electrons. The number of nitrogens with one attached hydrogen (secondary N) is 1. The number of fused-ring (bicyclic) bond motifs is 1. The number of anilines is 1. The van der Waals surface area contributed by atoms with Crippen LogP contribution in [0.4, 0.5) is 5.69 Å². The molecule has 4 heteroatoms. The van der Waals surface area contributed by atoms with Gasteiger partial charge in [0.1, 0.15) is 0 Å². The van der Waals surface area contributed by atoms with Crippen LogP contribution in [0.15, 0.2) is 18.2 Å². The SMILES string of the molecule is CCCc1cc(N2CCNCC2)c2cc(C)cc(Cl)c2n1. The Balaban J connectivity index is 2.18. The number of rotatable bonds is 3. The van der Waals surface area contributed by atoms with Crippen LogP contribution in [0.25, 0.3) is 10.9 Å². The molecule has 0 spiro atoms. The van der Waals surface area contributed by atoms with Crippen molar-refractivity contribution >= 4 is 28.2 Å². The highest BCUT2D eigenvalue weighted by Gasteiger charge is 2.16. The molecular weight excluding hydrogens is 282 g/mol. The van der Waals surface area contributed by atoms with Gasteiger partial charge in [0.15, 0.2) is 0 Å².